The Hall–Kier alpha value is -3.47. The topological polar surface area (TPSA) is 73.9 Å². The zero-order valence-corrected chi connectivity index (χ0v) is 16.7. The van der Waals surface area contributed by atoms with Crippen molar-refractivity contribution >= 4 is 11.5 Å². The van der Waals surface area contributed by atoms with Gasteiger partial charge in [0.25, 0.3) is 0 Å². The average Bonchev–Trinajstić information content (AvgIpc) is 3.05. The maximum absolute atomic E-state index is 13.4. The molecule has 0 bridgehead atoms. The van der Waals surface area contributed by atoms with E-state index in [-0.39, 0.29) is 0 Å². The molecule has 7 nitrogen and oxygen atoms in total. The second-order valence-electron chi connectivity index (χ2n) is 7.22. The number of hydrogen-bond donors (Lipinski definition) is 0. The molecule has 2 aromatic heterocycles. The van der Waals surface area contributed by atoms with Crippen LogP contribution < -0.4 is 9.80 Å². The molecule has 1 fully saturated rings. The molecule has 1 saturated heterocycles. The highest BCUT2D eigenvalue weighted by atomic mass is 19.1. The van der Waals surface area contributed by atoms with E-state index in [0.29, 0.717) is 11.4 Å². The zero-order valence-electron chi connectivity index (χ0n) is 16.7. The van der Waals surface area contributed by atoms with Crippen molar-refractivity contribution in [3.8, 4) is 11.9 Å². The number of benzene rings is 1. The van der Waals surface area contributed by atoms with E-state index in [4.69, 9.17) is 0 Å². The number of aryl methyl sites for hydroxylation is 3. The van der Waals surface area contributed by atoms with E-state index in [9.17, 15) is 9.65 Å². The van der Waals surface area contributed by atoms with Crippen LogP contribution in [0.3, 0.4) is 0 Å². The van der Waals surface area contributed by atoms with Crippen molar-refractivity contribution in [1.82, 2.24) is 19.7 Å². The van der Waals surface area contributed by atoms with E-state index in [2.05, 4.69) is 30.9 Å². The summed E-state index contributed by atoms with van der Waals surface area (Å²) in [6, 6.07) is 10.4. The van der Waals surface area contributed by atoms with E-state index in [1.165, 1.54) is 12.1 Å². The van der Waals surface area contributed by atoms with Crippen LogP contribution in [0.2, 0.25) is 0 Å². The van der Waals surface area contributed by atoms with Crippen molar-refractivity contribution in [2.24, 2.45) is 0 Å². The smallest absolute Gasteiger partial charge is 0.159 e. The van der Waals surface area contributed by atoms with Gasteiger partial charge in [0.05, 0.1) is 16.9 Å². The predicted molar refractivity (Wildman–Crippen MR) is 109 cm³/mol. The molecular weight excluding hydrogens is 369 g/mol. The van der Waals surface area contributed by atoms with Crippen LogP contribution in [0, 0.1) is 37.9 Å². The molecule has 1 aromatic carbocycles. The average molecular weight is 391 g/mol. The predicted octanol–water partition coefficient (Wildman–Crippen LogP) is 2.92. The Labute approximate surface area is 169 Å². The van der Waals surface area contributed by atoms with Gasteiger partial charge in [-0.05, 0) is 45.0 Å². The molecule has 3 aromatic rings. The Kier molecular flexibility index (Phi) is 4.89. The molecule has 1 aliphatic rings. The molecule has 0 aliphatic carbocycles. The summed E-state index contributed by atoms with van der Waals surface area (Å²) in [4.78, 5) is 13.5. The van der Waals surface area contributed by atoms with Crippen molar-refractivity contribution in [3.63, 3.8) is 0 Å². The highest BCUT2D eigenvalue weighted by Crippen LogP contribution is 2.24. The largest absolute Gasteiger partial charge is 0.367 e. The van der Waals surface area contributed by atoms with E-state index < -0.39 is 5.82 Å². The van der Waals surface area contributed by atoms with Crippen LogP contribution in [0.5, 0.6) is 0 Å². The summed E-state index contributed by atoms with van der Waals surface area (Å²) in [6.45, 7) is 8.78. The Morgan fingerprint density at radius 2 is 1.62 bits per heavy atom. The first-order valence-corrected chi connectivity index (χ1v) is 9.53. The maximum atomic E-state index is 13.4. The fourth-order valence-corrected chi connectivity index (χ4v) is 3.72. The molecule has 29 heavy (non-hydrogen) atoms. The van der Waals surface area contributed by atoms with E-state index in [0.717, 1.165) is 54.9 Å². The third-order valence-corrected chi connectivity index (χ3v) is 5.06. The lowest BCUT2D eigenvalue weighted by Crippen LogP contribution is -2.47. The standard InChI is InChI=1S/C21H22FN7/c1-14-10-15(2)29(26-14)21-12-20(24-16(3)25-21)28-8-6-27(7-9-28)19-5-4-18(22)11-17(19)13-23/h4-5,10-12H,6-9H2,1-3H3. The van der Waals surface area contributed by atoms with Gasteiger partial charge in [0.15, 0.2) is 5.82 Å². The maximum Gasteiger partial charge on any atom is 0.159 e. The van der Waals surface area contributed by atoms with Crippen molar-refractivity contribution in [2.45, 2.75) is 20.8 Å². The number of rotatable bonds is 3. The summed E-state index contributed by atoms with van der Waals surface area (Å²) in [5.74, 6) is 1.92. The van der Waals surface area contributed by atoms with Gasteiger partial charge in [-0.2, -0.15) is 10.4 Å². The minimum absolute atomic E-state index is 0.364. The number of piperazine rings is 1. The molecule has 0 atom stereocenters. The second-order valence-corrected chi connectivity index (χ2v) is 7.22. The van der Waals surface area contributed by atoms with Gasteiger partial charge in [-0.3, -0.25) is 0 Å². The van der Waals surface area contributed by atoms with Crippen molar-refractivity contribution in [2.75, 3.05) is 36.0 Å². The van der Waals surface area contributed by atoms with Gasteiger partial charge in [-0.25, -0.2) is 19.0 Å². The van der Waals surface area contributed by atoms with E-state index in [1.807, 2.05) is 37.6 Å². The van der Waals surface area contributed by atoms with Crippen LogP contribution in [-0.2, 0) is 0 Å². The second kappa shape index (κ2) is 7.51. The number of nitrogens with zero attached hydrogens (tertiary/aromatic N) is 7. The first kappa shape index (κ1) is 18.9. The lowest BCUT2D eigenvalue weighted by molar-refractivity contribution is 0.623. The lowest BCUT2D eigenvalue weighted by Gasteiger charge is -2.37. The third-order valence-electron chi connectivity index (χ3n) is 5.06. The minimum atomic E-state index is -0.392. The normalized spacial score (nSPS) is 14.2. The molecule has 0 saturated carbocycles. The zero-order chi connectivity index (χ0) is 20.5. The van der Waals surface area contributed by atoms with Crippen LogP contribution >= 0.6 is 0 Å². The molecule has 0 N–H and O–H groups in total. The molecule has 3 heterocycles. The van der Waals surface area contributed by atoms with Gasteiger partial charge in [-0.1, -0.05) is 0 Å². The van der Waals surface area contributed by atoms with Crippen molar-refractivity contribution < 1.29 is 4.39 Å². The monoisotopic (exact) mass is 391 g/mol. The SMILES string of the molecule is Cc1cc(C)n(-c2cc(N3CCN(c4ccc(F)cc4C#N)CC3)nc(C)n2)n1. The Morgan fingerprint density at radius 1 is 0.931 bits per heavy atom. The number of halogens is 1. The highest BCUT2D eigenvalue weighted by molar-refractivity contribution is 5.60. The van der Waals surface area contributed by atoms with Crippen molar-refractivity contribution in [3.05, 3.63) is 58.9 Å². The quantitative estimate of drug-likeness (QED) is 0.684. The first-order valence-electron chi connectivity index (χ1n) is 9.53. The van der Waals surface area contributed by atoms with Crippen LogP contribution in [0.15, 0.2) is 30.3 Å². The fourth-order valence-electron chi connectivity index (χ4n) is 3.72. The highest BCUT2D eigenvalue weighted by Gasteiger charge is 2.22. The van der Waals surface area contributed by atoms with Crippen molar-refractivity contribution in [1.29, 1.82) is 5.26 Å². The summed E-state index contributed by atoms with van der Waals surface area (Å²) in [7, 11) is 0. The van der Waals surface area contributed by atoms with Gasteiger partial charge >= 0.3 is 0 Å². The first-order chi connectivity index (χ1) is 13.9. The third kappa shape index (κ3) is 3.76. The molecule has 148 valence electrons. The number of anilines is 2. The molecular formula is C21H22FN7. The van der Waals surface area contributed by atoms with Gasteiger partial charge < -0.3 is 9.80 Å². The number of nitriles is 1. The van der Waals surface area contributed by atoms with Gasteiger partial charge in [0.1, 0.15) is 23.5 Å². The van der Waals surface area contributed by atoms with Crippen LogP contribution in [0.25, 0.3) is 5.82 Å². The van der Waals surface area contributed by atoms with E-state index >= 15 is 0 Å². The summed E-state index contributed by atoms with van der Waals surface area (Å²) in [5, 5.41) is 13.8. The summed E-state index contributed by atoms with van der Waals surface area (Å²) in [5.41, 5.74) is 3.11. The van der Waals surface area contributed by atoms with Gasteiger partial charge in [-0.15, -0.1) is 0 Å². The molecule has 0 radical (unpaired) electrons. The summed E-state index contributed by atoms with van der Waals surface area (Å²) in [6.07, 6.45) is 0. The number of hydrogen-bond acceptors (Lipinski definition) is 6. The molecule has 1 aliphatic heterocycles. The molecule has 0 amide bonds. The minimum Gasteiger partial charge on any atom is -0.367 e. The fraction of sp³-hybridized carbons (Fsp3) is 0.333. The van der Waals surface area contributed by atoms with Crippen LogP contribution in [0.4, 0.5) is 15.9 Å². The molecule has 0 spiro atoms. The van der Waals surface area contributed by atoms with Gasteiger partial charge in [0, 0.05) is 37.9 Å². The summed E-state index contributed by atoms with van der Waals surface area (Å²) < 4.78 is 15.3. The molecule has 8 heteroatoms. The Morgan fingerprint density at radius 3 is 2.28 bits per heavy atom. The van der Waals surface area contributed by atoms with Gasteiger partial charge in [0.2, 0.25) is 0 Å². The van der Waals surface area contributed by atoms with Crippen LogP contribution in [-0.4, -0.2) is 45.9 Å². The Balaban J connectivity index is 1.55. The number of aromatic nitrogens is 4. The summed E-state index contributed by atoms with van der Waals surface area (Å²) >= 11 is 0. The molecule has 0 unspecified atom stereocenters. The van der Waals surface area contributed by atoms with Crippen LogP contribution in [0.1, 0.15) is 22.8 Å². The van der Waals surface area contributed by atoms with E-state index in [1.54, 1.807) is 6.07 Å². The molecule has 4 rings (SSSR count). The Bertz CT molecular complexity index is 1090. The lowest BCUT2D eigenvalue weighted by atomic mass is 10.1.